The van der Waals surface area contributed by atoms with Crippen molar-refractivity contribution < 1.29 is 14.3 Å². The van der Waals surface area contributed by atoms with Crippen molar-refractivity contribution in [1.82, 2.24) is 4.90 Å². The Morgan fingerprint density at radius 1 is 0.966 bits per heavy atom. The molecule has 2 rings (SSSR count). The van der Waals surface area contributed by atoms with Crippen LogP contribution in [0.25, 0.3) is 10.8 Å². The van der Waals surface area contributed by atoms with Crippen molar-refractivity contribution in [1.29, 1.82) is 0 Å². The fraction of sp³-hybridized carbons (Fsp3) is 0.542. The van der Waals surface area contributed by atoms with E-state index in [9.17, 15) is 4.79 Å². The molecule has 0 heterocycles. The van der Waals surface area contributed by atoms with E-state index in [2.05, 4.69) is 44.2 Å². The second kappa shape index (κ2) is 15.0. The Balaban J connectivity index is 0.000000960. The molecular formula is C24H38N2O3. The third kappa shape index (κ3) is 8.94. The highest BCUT2D eigenvalue weighted by Crippen LogP contribution is 2.19. The summed E-state index contributed by atoms with van der Waals surface area (Å²) in [6.45, 7) is 10.2. The molecule has 0 spiro atoms. The van der Waals surface area contributed by atoms with Gasteiger partial charge in [0.2, 0.25) is 5.91 Å². The summed E-state index contributed by atoms with van der Waals surface area (Å²) in [5.41, 5.74) is 6.80. The van der Waals surface area contributed by atoms with Crippen LogP contribution >= 0.6 is 0 Å². The summed E-state index contributed by atoms with van der Waals surface area (Å²) in [6, 6.07) is 14.5. The molecule has 5 heteroatoms. The summed E-state index contributed by atoms with van der Waals surface area (Å²) in [4.78, 5) is 14.0. The fourth-order valence-corrected chi connectivity index (χ4v) is 2.92. The Labute approximate surface area is 176 Å². The summed E-state index contributed by atoms with van der Waals surface area (Å²) in [5, 5.41) is 2.43. The van der Waals surface area contributed by atoms with Gasteiger partial charge >= 0.3 is 0 Å². The first-order chi connectivity index (χ1) is 14.1. The van der Waals surface area contributed by atoms with Gasteiger partial charge in [-0.3, -0.25) is 4.79 Å². The molecule has 0 aliphatic carbocycles. The maximum Gasteiger partial charge on any atom is 0.236 e. The minimum absolute atomic E-state index is 0.0134. The van der Waals surface area contributed by atoms with Crippen LogP contribution in [0, 0.1) is 0 Å². The molecule has 0 radical (unpaired) electrons. The number of benzene rings is 2. The van der Waals surface area contributed by atoms with Gasteiger partial charge < -0.3 is 20.1 Å². The lowest BCUT2D eigenvalue weighted by Gasteiger charge is -2.27. The van der Waals surface area contributed by atoms with Crippen LogP contribution in [0.5, 0.6) is 0 Å². The first kappa shape index (κ1) is 25.1. The quantitative estimate of drug-likeness (QED) is 0.567. The lowest BCUT2D eigenvalue weighted by molar-refractivity contribution is -0.158. The monoisotopic (exact) mass is 402 g/mol. The smallest absolute Gasteiger partial charge is 0.236 e. The molecular weight excluding hydrogens is 364 g/mol. The molecule has 0 aromatic heterocycles. The third-order valence-corrected chi connectivity index (χ3v) is 4.63. The number of hydrogen-bond donors (Lipinski definition) is 1. The van der Waals surface area contributed by atoms with Gasteiger partial charge in [-0.25, -0.2) is 0 Å². The van der Waals surface area contributed by atoms with Gasteiger partial charge in [-0.2, -0.15) is 0 Å². The number of carbonyl (C=O) groups is 1. The van der Waals surface area contributed by atoms with E-state index >= 15 is 0 Å². The highest BCUT2D eigenvalue weighted by molar-refractivity contribution is 5.85. The van der Waals surface area contributed by atoms with Crippen LogP contribution in [0.3, 0.4) is 0 Å². The van der Waals surface area contributed by atoms with E-state index < -0.39 is 6.29 Å². The van der Waals surface area contributed by atoms with E-state index in [1.54, 1.807) is 4.90 Å². The minimum Gasteiger partial charge on any atom is -0.351 e. The summed E-state index contributed by atoms with van der Waals surface area (Å²) >= 11 is 0. The number of rotatable bonds is 11. The fourth-order valence-electron chi connectivity index (χ4n) is 2.92. The first-order valence-electron chi connectivity index (χ1n) is 10.8. The van der Waals surface area contributed by atoms with Crippen LogP contribution in [0.2, 0.25) is 0 Å². The Morgan fingerprint density at radius 2 is 1.59 bits per heavy atom. The standard InChI is InChI=1S/C20H28N2O3.C4H10/c1-3-24-20(25-4-2)15-22(19(23)14-21)13-12-17-10-7-9-16-8-5-6-11-18(16)17;1-3-4-2/h5-11,20H,3-4,12-15,21H2,1-2H3;3-4H2,1-2H3. The SMILES string of the molecule is CCCC.CCOC(CN(CCc1cccc2ccccc12)C(=O)CN)OCC. The number of hydrogen-bond acceptors (Lipinski definition) is 4. The molecule has 0 unspecified atom stereocenters. The number of nitrogens with two attached hydrogens (primary N) is 1. The maximum atomic E-state index is 12.2. The molecule has 0 saturated heterocycles. The summed E-state index contributed by atoms with van der Waals surface area (Å²) in [5.74, 6) is -0.0929. The van der Waals surface area contributed by atoms with E-state index in [0.717, 1.165) is 6.42 Å². The zero-order chi connectivity index (χ0) is 21.5. The topological polar surface area (TPSA) is 64.8 Å². The zero-order valence-electron chi connectivity index (χ0n) is 18.5. The summed E-state index contributed by atoms with van der Waals surface area (Å²) in [7, 11) is 0. The Kier molecular flexibility index (Phi) is 12.9. The van der Waals surface area contributed by atoms with Crippen LogP contribution in [0.4, 0.5) is 0 Å². The molecule has 0 atom stereocenters. The van der Waals surface area contributed by atoms with Gasteiger partial charge in [0.25, 0.3) is 0 Å². The molecule has 0 bridgehead atoms. The van der Waals surface area contributed by atoms with Gasteiger partial charge in [-0.15, -0.1) is 0 Å². The van der Waals surface area contributed by atoms with Crippen LogP contribution in [-0.4, -0.2) is 49.9 Å². The highest BCUT2D eigenvalue weighted by Gasteiger charge is 2.18. The molecule has 1 amide bonds. The lowest BCUT2D eigenvalue weighted by Crippen LogP contribution is -2.43. The van der Waals surface area contributed by atoms with E-state index in [1.165, 1.54) is 29.2 Å². The first-order valence-corrected chi connectivity index (χ1v) is 10.8. The average Bonchev–Trinajstić information content (AvgIpc) is 2.76. The molecule has 2 aromatic rings. The van der Waals surface area contributed by atoms with Crippen molar-refractivity contribution in [3.8, 4) is 0 Å². The van der Waals surface area contributed by atoms with E-state index in [-0.39, 0.29) is 12.5 Å². The second-order valence-electron chi connectivity index (χ2n) is 6.77. The van der Waals surface area contributed by atoms with Crippen molar-refractivity contribution >= 4 is 16.7 Å². The summed E-state index contributed by atoms with van der Waals surface area (Å²) in [6.07, 6.45) is 2.98. The van der Waals surface area contributed by atoms with Crippen LogP contribution in [-0.2, 0) is 20.7 Å². The average molecular weight is 403 g/mol. The lowest BCUT2D eigenvalue weighted by atomic mass is 10.0. The van der Waals surface area contributed by atoms with Crippen LogP contribution in [0.1, 0.15) is 46.1 Å². The number of carbonyl (C=O) groups excluding carboxylic acids is 1. The Hall–Kier alpha value is -1.95. The number of ether oxygens (including phenoxy) is 2. The van der Waals surface area contributed by atoms with Crippen molar-refractivity contribution in [3.63, 3.8) is 0 Å². The predicted octanol–water partition coefficient (Wildman–Crippen LogP) is 4.38. The highest BCUT2D eigenvalue weighted by atomic mass is 16.7. The second-order valence-corrected chi connectivity index (χ2v) is 6.77. The van der Waals surface area contributed by atoms with E-state index in [4.69, 9.17) is 15.2 Å². The molecule has 0 aliphatic rings. The molecule has 0 saturated carbocycles. The number of amides is 1. The molecule has 162 valence electrons. The Bertz CT molecular complexity index is 692. The minimum atomic E-state index is -0.419. The van der Waals surface area contributed by atoms with Crippen molar-refractivity contribution in [2.24, 2.45) is 5.73 Å². The number of unbranched alkanes of at least 4 members (excludes halogenated alkanes) is 1. The van der Waals surface area contributed by atoms with Crippen LogP contribution < -0.4 is 5.73 Å². The normalized spacial score (nSPS) is 10.7. The van der Waals surface area contributed by atoms with Gasteiger partial charge in [-0.05, 0) is 36.6 Å². The third-order valence-electron chi connectivity index (χ3n) is 4.63. The number of fused-ring (bicyclic) bond motifs is 1. The zero-order valence-corrected chi connectivity index (χ0v) is 18.5. The molecule has 0 fully saturated rings. The molecule has 29 heavy (non-hydrogen) atoms. The van der Waals surface area contributed by atoms with Gasteiger partial charge in [0.1, 0.15) is 0 Å². The van der Waals surface area contributed by atoms with Gasteiger partial charge in [-0.1, -0.05) is 69.2 Å². The number of nitrogens with zero attached hydrogens (tertiary/aromatic N) is 1. The largest absolute Gasteiger partial charge is 0.351 e. The van der Waals surface area contributed by atoms with Crippen molar-refractivity contribution in [2.75, 3.05) is 32.8 Å². The van der Waals surface area contributed by atoms with Crippen molar-refractivity contribution in [3.05, 3.63) is 48.0 Å². The predicted molar refractivity (Wildman–Crippen MR) is 121 cm³/mol. The summed E-state index contributed by atoms with van der Waals surface area (Å²) < 4.78 is 11.1. The van der Waals surface area contributed by atoms with E-state index in [1.807, 2.05) is 26.0 Å². The van der Waals surface area contributed by atoms with Gasteiger partial charge in [0.15, 0.2) is 6.29 Å². The van der Waals surface area contributed by atoms with Crippen molar-refractivity contribution in [2.45, 2.75) is 53.2 Å². The molecule has 2 aromatic carbocycles. The van der Waals surface area contributed by atoms with Crippen LogP contribution in [0.15, 0.2) is 42.5 Å². The molecule has 0 aliphatic heterocycles. The Morgan fingerprint density at radius 3 is 2.17 bits per heavy atom. The van der Waals surface area contributed by atoms with Gasteiger partial charge in [0.05, 0.1) is 13.1 Å². The molecule has 5 nitrogen and oxygen atoms in total. The molecule has 2 N–H and O–H groups in total. The van der Waals surface area contributed by atoms with Gasteiger partial charge in [0, 0.05) is 19.8 Å². The van der Waals surface area contributed by atoms with E-state index in [0.29, 0.717) is 26.3 Å². The maximum absolute atomic E-state index is 12.2.